The second-order valence-corrected chi connectivity index (χ2v) is 6.70. The largest absolute Gasteiger partial charge is 2.00 e. The van der Waals surface area contributed by atoms with Gasteiger partial charge in [0.05, 0.1) is 0 Å². The Morgan fingerprint density at radius 3 is 1.08 bits per heavy atom. The zero-order valence-corrected chi connectivity index (χ0v) is 19.0. The Hall–Kier alpha value is -0.000260. The van der Waals surface area contributed by atoms with Crippen LogP contribution in [0.1, 0.15) is 116 Å². The van der Waals surface area contributed by atoms with Gasteiger partial charge in [-0.1, -0.05) is 103 Å². The zero-order chi connectivity index (χ0) is 19.2. The molecule has 1 N–H and O–H groups in total. The molecule has 0 amide bonds. The first-order valence-electron chi connectivity index (χ1n) is 10.1. The smallest absolute Gasteiger partial charge is 0.652 e. The summed E-state index contributed by atoms with van der Waals surface area (Å²) < 4.78 is 0. The van der Waals surface area contributed by atoms with Crippen molar-refractivity contribution in [1.29, 1.82) is 0 Å². The van der Waals surface area contributed by atoms with Crippen molar-refractivity contribution in [3.8, 4) is 0 Å². The van der Waals surface area contributed by atoms with Gasteiger partial charge in [0, 0.05) is 6.42 Å². The third kappa shape index (κ3) is 39.2. The monoisotopic (exact) mass is 398 g/mol. The Balaban J connectivity index is -0.000000951. The fourth-order valence-corrected chi connectivity index (χ4v) is 2.82. The van der Waals surface area contributed by atoms with Gasteiger partial charge in [-0.3, -0.25) is 4.79 Å². The third-order valence-corrected chi connectivity index (χ3v) is 4.24. The number of rotatable bonds is 17. The van der Waals surface area contributed by atoms with E-state index in [1.807, 2.05) is 0 Å². The van der Waals surface area contributed by atoms with Gasteiger partial charge in [0.1, 0.15) is 0 Å². The van der Waals surface area contributed by atoms with Crippen molar-refractivity contribution in [1.82, 2.24) is 0 Å². The Morgan fingerprint density at radius 1 is 0.615 bits per heavy atom. The average Bonchev–Trinajstić information content (AvgIpc) is 2.53. The van der Waals surface area contributed by atoms with Crippen molar-refractivity contribution in [2.75, 3.05) is 0 Å². The minimum Gasteiger partial charge on any atom is -0.652 e. The van der Waals surface area contributed by atoms with Crippen LogP contribution in [0.3, 0.4) is 0 Å². The minimum atomic E-state index is -2.33. The van der Waals surface area contributed by atoms with E-state index in [9.17, 15) is 4.79 Å². The number of carboxylic acids is 1. The molecule has 0 saturated heterocycles. The number of hydrogen-bond acceptors (Lipinski definition) is 4. The van der Waals surface area contributed by atoms with Crippen LogP contribution in [0.25, 0.3) is 0 Å². The molecule has 0 aromatic rings. The normalized spacial score (nSPS) is 9.73. The molecule has 0 radical (unpaired) electrons. The van der Waals surface area contributed by atoms with Gasteiger partial charge in [0.2, 0.25) is 0 Å². The number of carbonyl (C=O) groups excluding carboxylic acids is 1. The summed E-state index contributed by atoms with van der Waals surface area (Å²) in [6, 6.07) is 0. The molecule has 0 aliphatic carbocycles. The van der Waals surface area contributed by atoms with Crippen LogP contribution in [0.2, 0.25) is 0 Å². The van der Waals surface area contributed by atoms with Crippen LogP contribution in [0.4, 0.5) is 4.79 Å². The van der Waals surface area contributed by atoms with E-state index < -0.39 is 12.1 Å². The van der Waals surface area contributed by atoms with Crippen molar-refractivity contribution in [3.05, 3.63) is 0 Å². The third-order valence-electron chi connectivity index (χ3n) is 4.24. The van der Waals surface area contributed by atoms with E-state index in [-0.39, 0.29) is 37.7 Å². The molecule has 150 valence electrons. The first kappa shape index (κ1) is 30.7. The van der Waals surface area contributed by atoms with E-state index in [0.717, 1.165) is 12.8 Å². The maximum Gasteiger partial charge on any atom is 2.00 e. The van der Waals surface area contributed by atoms with Crippen LogP contribution < -0.4 is 10.2 Å². The van der Waals surface area contributed by atoms with Crippen molar-refractivity contribution in [2.24, 2.45) is 0 Å². The van der Waals surface area contributed by atoms with E-state index in [1.54, 1.807) is 0 Å². The molecule has 0 heterocycles. The molecule has 6 heteroatoms. The van der Waals surface area contributed by atoms with Crippen LogP contribution in [0.5, 0.6) is 0 Å². The van der Waals surface area contributed by atoms with E-state index in [2.05, 4.69) is 6.92 Å². The minimum absolute atomic E-state index is 0. The number of carboxylic acid groups (broad SMARTS) is 3. The first-order valence-corrected chi connectivity index (χ1v) is 10.1. The fourth-order valence-electron chi connectivity index (χ4n) is 2.82. The molecule has 0 spiro atoms. The maximum atomic E-state index is 10.3. The second-order valence-electron chi connectivity index (χ2n) is 6.70. The van der Waals surface area contributed by atoms with Crippen LogP contribution in [-0.2, 0) is 4.79 Å². The predicted octanol–water partition coefficient (Wildman–Crippen LogP) is 3.89. The Kier molecular flexibility index (Phi) is 32.2. The Morgan fingerprint density at radius 2 is 0.846 bits per heavy atom. The molecular formula is C20H38CaO5. The molecule has 0 aliphatic rings. The predicted molar refractivity (Wildman–Crippen MR) is 103 cm³/mol. The zero-order valence-electron chi connectivity index (χ0n) is 16.8. The number of unbranched alkanes of at least 4 members (excludes halogenated alkanes) is 15. The standard InChI is InChI=1S/C19H38O2.CH2O3.Ca/c1-2-3-4-5-6-7-8-9-10-11-12-13-14-15-16-17-18-19(20)21;2-1(3)4;/h2-18H2,1H3,(H,20,21);(H2,2,3,4);/q;;+2/p-2. The summed E-state index contributed by atoms with van der Waals surface area (Å²) in [4.78, 5) is 18.7. The summed E-state index contributed by atoms with van der Waals surface area (Å²) >= 11 is 0. The molecule has 0 saturated carbocycles. The molecular weight excluding hydrogens is 360 g/mol. The summed E-state index contributed by atoms with van der Waals surface area (Å²) in [5, 5.41) is 25.2. The van der Waals surface area contributed by atoms with Crippen molar-refractivity contribution < 1.29 is 24.9 Å². The van der Waals surface area contributed by atoms with E-state index in [1.165, 1.54) is 89.9 Å². The summed E-state index contributed by atoms with van der Waals surface area (Å²) in [6.07, 6.45) is 19.3. The van der Waals surface area contributed by atoms with Crippen LogP contribution in [0.15, 0.2) is 0 Å². The summed E-state index contributed by atoms with van der Waals surface area (Å²) in [5.41, 5.74) is 0. The second kappa shape index (κ2) is 27.2. The van der Waals surface area contributed by atoms with Crippen molar-refractivity contribution in [2.45, 2.75) is 116 Å². The van der Waals surface area contributed by atoms with Gasteiger partial charge in [-0.15, -0.1) is 0 Å². The Bertz CT molecular complexity index is 294. The number of hydrogen-bond donors (Lipinski definition) is 1. The quantitative estimate of drug-likeness (QED) is 0.296. The van der Waals surface area contributed by atoms with Gasteiger partial charge in [0.15, 0.2) is 0 Å². The van der Waals surface area contributed by atoms with E-state index in [0.29, 0.717) is 6.42 Å². The SMILES string of the molecule is CCCCCCCCCCCCCCCCCCC(=O)O.O=C([O-])[O-].[Ca+2]. The first-order chi connectivity index (χ1) is 12.0. The number of aliphatic carboxylic acids is 1. The average molecular weight is 399 g/mol. The van der Waals surface area contributed by atoms with Crippen LogP contribution in [-0.4, -0.2) is 55.0 Å². The topological polar surface area (TPSA) is 100 Å². The molecule has 5 nitrogen and oxygen atoms in total. The maximum absolute atomic E-state index is 10.3. The molecule has 0 atom stereocenters. The molecule has 0 rings (SSSR count). The van der Waals surface area contributed by atoms with Gasteiger partial charge < -0.3 is 20.1 Å². The van der Waals surface area contributed by atoms with Crippen molar-refractivity contribution >= 4 is 49.9 Å². The molecule has 0 bridgehead atoms. The van der Waals surface area contributed by atoms with Gasteiger partial charge in [-0.05, 0) is 12.6 Å². The van der Waals surface area contributed by atoms with E-state index in [4.69, 9.17) is 20.1 Å². The Labute approximate surface area is 190 Å². The van der Waals surface area contributed by atoms with Crippen LogP contribution in [0, 0.1) is 0 Å². The molecule has 0 fully saturated rings. The molecule has 0 aromatic carbocycles. The number of carbonyl (C=O) groups is 2. The fraction of sp³-hybridized carbons (Fsp3) is 0.900. The molecule has 0 aliphatic heterocycles. The van der Waals surface area contributed by atoms with Crippen LogP contribution >= 0.6 is 0 Å². The molecule has 0 aromatic heterocycles. The van der Waals surface area contributed by atoms with Gasteiger partial charge in [-0.2, -0.15) is 0 Å². The van der Waals surface area contributed by atoms with E-state index >= 15 is 0 Å². The molecule has 0 unspecified atom stereocenters. The summed E-state index contributed by atoms with van der Waals surface area (Å²) in [6.45, 7) is 2.27. The summed E-state index contributed by atoms with van der Waals surface area (Å²) in [7, 11) is 0. The molecule has 26 heavy (non-hydrogen) atoms. The van der Waals surface area contributed by atoms with Gasteiger partial charge >= 0.3 is 43.7 Å². The van der Waals surface area contributed by atoms with Crippen molar-refractivity contribution in [3.63, 3.8) is 0 Å². The van der Waals surface area contributed by atoms with Gasteiger partial charge in [-0.25, -0.2) is 0 Å². The summed E-state index contributed by atoms with van der Waals surface area (Å²) in [5.74, 6) is -0.652. The van der Waals surface area contributed by atoms with Gasteiger partial charge in [0.25, 0.3) is 0 Å².